The summed E-state index contributed by atoms with van der Waals surface area (Å²) in [5, 5.41) is 9.66. The van der Waals surface area contributed by atoms with Gasteiger partial charge in [0.1, 0.15) is 17.4 Å². The van der Waals surface area contributed by atoms with Gasteiger partial charge in [0.15, 0.2) is 0 Å². The van der Waals surface area contributed by atoms with Crippen LogP contribution in [0.3, 0.4) is 0 Å². The first-order valence-corrected chi connectivity index (χ1v) is 11.4. The Balaban J connectivity index is 1.96. The summed E-state index contributed by atoms with van der Waals surface area (Å²) in [5.74, 6) is 6.04. The van der Waals surface area contributed by atoms with Crippen LogP contribution in [0.2, 0.25) is 0 Å². The Morgan fingerprint density at radius 2 is 2.06 bits per heavy atom. The topological polar surface area (TPSA) is 61.9 Å². The monoisotopic (exact) mass is 522 g/mol. The second-order valence-corrected chi connectivity index (χ2v) is 9.31. The van der Waals surface area contributed by atoms with E-state index in [0.717, 1.165) is 35.2 Å². The van der Waals surface area contributed by atoms with Gasteiger partial charge in [0, 0.05) is 15.8 Å². The number of nitriles is 1. The lowest BCUT2D eigenvalue weighted by atomic mass is 10.0. The number of carbonyl (C=O) groups excluding carboxylic acids is 1. The molecule has 1 aliphatic carbocycles. The molecule has 4 rings (SSSR count). The van der Waals surface area contributed by atoms with Crippen molar-refractivity contribution in [1.29, 1.82) is 5.26 Å². The maximum Gasteiger partial charge on any atom is 0.308 e. The van der Waals surface area contributed by atoms with E-state index in [1.54, 1.807) is 11.8 Å². The van der Waals surface area contributed by atoms with Crippen molar-refractivity contribution in [3.63, 3.8) is 0 Å². The van der Waals surface area contributed by atoms with E-state index < -0.39 is 0 Å². The zero-order valence-corrected chi connectivity index (χ0v) is 20.2. The first-order valence-electron chi connectivity index (χ1n) is 10.3. The first kappa shape index (κ1) is 21.4. The molecule has 1 saturated carbocycles. The van der Waals surface area contributed by atoms with E-state index in [4.69, 9.17) is 4.98 Å². The third-order valence-corrected chi connectivity index (χ3v) is 6.73. The number of rotatable bonds is 4. The number of fused-ring (bicyclic) bond motifs is 1. The van der Waals surface area contributed by atoms with Gasteiger partial charge in [-0.3, -0.25) is 9.69 Å². The number of nitrogens with zero attached hydrogens (tertiary/aromatic N) is 4. The van der Waals surface area contributed by atoms with Crippen LogP contribution in [0, 0.1) is 33.7 Å². The minimum Gasteiger partial charge on any atom is -0.342 e. The molecule has 0 bridgehead atoms. The Morgan fingerprint density at radius 3 is 2.68 bits per heavy atom. The summed E-state index contributed by atoms with van der Waals surface area (Å²) in [6, 6.07) is 10.5. The second-order valence-electron chi connectivity index (χ2n) is 8.14. The van der Waals surface area contributed by atoms with Gasteiger partial charge in [0.05, 0.1) is 16.8 Å². The number of amides is 1. The van der Waals surface area contributed by atoms with Crippen LogP contribution in [0.4, 0.5) is 11.5 Å². The van der Waals surface area contributed by atoms with E-state index in [0.29, 0.717) is 22.8 Å². The highest BCUT2D eigenvalue weighted by Gasteiger charge is 2.31. The van der Waals surface area contributed by atoms with E-state index in [1.807, 2.05) is 29.8 Å². The number of aromatic nitrogens is 2. The fourth-order valence-electron chi connectivity index (χ4n) is 3.85. The maximum absolute atomic E-state index is 13.2. The summed E-state index contributed by atoms with van der Waals surface area (Å²) in [4.78, 5) is 19.6. The summed E-state index contributed by atoms with van der Waals surface area (Å²) < 4.78 is 3.22. The van der Waals surface area contributed by atoms with Crippen LogP contribution in [0.25, 0.3) is 11.0 Å². The van der Waals surface area contributed by atoms with Gasteiger partial charge in [-0.15, -0.1) is 0 Å². The second kappa shape index (κ2) is 8.36. The van der Waals surface area contributed by atoms with Gasteiger partial charge >= 0.3 is 5.91 Å². The van der Waals surface area contributed by atoms with Crippen molar-refractivity contribution in [1.82, 2.24) is 9.55 Å². The first-order chi connectivity index (χ1) is 14.8. The Labute approximate surface area is 196 Å². The molecule has 0 radical (unpaired) electrons. The summed E-state index contributed by atoms with van der Waals surface area (Å²) in [6.45, 7) is 7.84. The van der Waals surface area contributed by atoms with Crippen LogP contribution in [0.5, 0.6) is 0 Å². The SMILES string of the molecule is CC#CC(=O)N(c1ccc2c(n1)c(C#N)cn2C(C)C)c1cc(C)c(I)cc1C1CC1. The Morgan fingerprint density at radius 1 is 1.32 bits per heavy atom. The molecule has 0 spiro atoms. The molecule has 3 aromatic rings. The Bertz CT molecular complexity index is 1300. The number of halogens is 1. The van der Waals surface area contributed by atoms with Gasteiger partial charge in [0.2, 0.25) is 0 Å². The number of carbonyl (C=O) groups is 1. The number of anilines is 2. The molecular formula is C25H23IN4O. The van der Waals surface area contributed by atoms with Crippen molar-refractivity contribution in [2.24, 2.45) is 0 Å². The average Bonchev–Trinajstić information content (AvgIpc) is 3.51. The van der Waals surface area contributed by atoms with Gasteiger partial charge in [-0.25, -0.2) is 4.98 Å². The van der Waals surface area contributed by atoms with Crippen molar-refractivity contribution < 1.29 is 4.79 Å². The molecule has 1 fully saturated rings. The predicted octanol–water partition coefficient (Wildman–Crippen LogP) is 5.97. The molecule has 0 unspecified atom stereocenters. The third kappa shape index (κ3) is 3.93. The molecule has 31 heavy (non-hydrogen) atoms. The summed E-state index contributed by atoms with van der Waals surface area (Å²) in [5.41, 5.74) is 5.08. The number of hydrogen-bond donors (Lipinski definition) is 0. The van der Waals surface area contributed by atoms with Gasteiger partial charge < -0.3 is 4.57 Å². The minimum absolute atomic E-state index is 0.196. The van der Waals surface area contributed by atoms with E-state index in [2.05, 4.69) is 66.5 Å². The quantitative estimate of drug-likeness (QED) is 0.314. The third-order valence-electron chi connectivity index (χ3n) is 5.57. The van der Waals surface area contributed by atoms with Gasteiger partial charge in [-0.05, 0) is 110 Å². The Hall–Kier alpha value is -2.84. The van der Waals surface area contributed by atoms with Crippen LogP contribution in [-0.4, -0.2) is 15.5 Å². The highest BCUT2D eigenvalue weighted by atomic mass is 127. The molecule has 2 heterocycles. The van der Waals surface area contributed by atoms with Gasteiger partial charge in [-0.1, -0.05) is 5.92 Å². The fourth-order valence-corrected chi connectivity index (χ4v) is 4.34. The summed E-state index contributed by atoms with van der Waals surface area (Å²) in [6.07, 6.45) is 4.07. The van der Waals surface area contributed by atoms with Gasteiger partial charge in [0.25, 0.3) is 0 Å². The smallest absolute Gasteiger partial charge is 0.308 e. The number of pyridine rings is 1. The van der Waals surface area contributed by atoms with Crippen LogP contribution < -0.4 is 4.90 Å². The molecule has 0 saturated heterocycles. The molecule has 1 amide bonds. The largest absolute Gasteiger partial charge is 0.342 e. The number of hydrogen-bond acceptors (Lipinski definition) is 3. The maximum atomic E-state index is 13.2. The van der Waals surface area contributed by atoms with E-state index in [1.165, 1.54) is 3.57 Å². The molecule has 6 heteroatoms. The molecule has 1 aliphatic rings. The lowest BCUT2D eigenvalue weighted by Gasteiger charge is -2.24. The predicted molar refractivity (Wildman–Crippen MR) is 131 cm³/mol. The number of aryl methyl sites for hydroxylation is 1. The molecule has 5 nitrogen and oxygen atoms in total. The van der Waals surface area contributed by atoms with E-state index in [-0.39, 0.29) is 11.9 Å². The molecule has 2 aromatic heterocycles. The molecule has 0 atom stereocenters. The zero-order valence-electron chi connectivity index (χ0n) is 18.0. The molecule has 0 aliphatic heterocycles. The molecular weight excluding hydrogens is 499 g/mol. The summed E-state index contributed by atoms with van der Waals surface area (Å²) in [7, 11) is 0. The standard InChI is InChI=1S/C25H23IN4O/c1-5-6-24(31)30(22-11-16(4)20(26)12-19(22)17-7-8-17)23-10-9-21-25(28-23)18(13-27)14-29(21)15(2)3/h9-12,14-15,17H,7-8H2,1-4H3. The van der Waals surface area contributed by atoms with Crippen molar-refractivity contribution in [2.45, 2.75) is 52.5 Å². The average molecular weight is 522 g/mol. The molecule has 1 aromatic carbocycles. The Kier molecular flexibility index (Phi) is 5.77. The fraction of sp³-hybridized carbons (Fsp3) is 0.320. The van der Waals surface area contributed by atoms with Crippen LogP contribution >= 0.6 is 22.6 Å². The lowest BCUT2D eigenvalue weighted by Crippen LogP contribution is -2.26. The van der Waals surface area contributed by atoms with Crippen molar-refractivity contribution >= 4 is 51.0 Å². The van der Waals surface area contributed by atoms with E-state index in [9.17, 15) is 10.1 Å². The van der Waals surface area contributed by atoms with Gasteiger partial charge in [-0.2, -0.15) is 5.26 Å². The lowest BCUT2D eigenvalue weighted by molar-refractivity contribution is -0.112. The van der Waals surface area contributed by atoms with E-state index >= 15 is 0 Å². The highest BCUT2D eigenvalue weighted by Crippen LogP contribution is 2.46. The van der Waals surface area contributed by atoms with Crippen molar-refractivity contribution in [3.05, 3.63) is 50.7 Å². The summed E-state index contributed by atoms with van der Waals surface area (Å²) >= 11 is 2.34. The number of benzene rings is 1. The van der Waals surface area contributed by atoms with Crippen LogP contribution in [0.15, 0.2) is 30.5 Å². The molecule has 0 N–H and O–H groups in total. The normalized spacial score (nSPS) is 13.1. The van der Waals surface area contributed by atoms with Crippen molar-refractivity contribution in [3.8, 4) is 17.9 Å². The molecule has 156 valence electrons. The minimum atomic E-state index is -0.321. The van der Waals surface area contributed by atoms with Crippen LogP contribution in [-0.2, 0) is 4.79 Å². The van der Waals surface area contributed by atoms with Crippen LogP contribution in [0.1, 0.15) is 62.3 Å². The van der Waals surface area contributed by atoms with Crippen molar-refractivity contribution in [2.75, 3.05) is 4.90 Å². The highest BCUT2D eigenvalue weighted by molar-refractivity contribution is 14.1. The zero-order chi connectivity index (χ0) is 22.3.